The molecule has 0 aromatic heterocycles. The Labute approximate surface area is 108 Å². The van der Waals surface area contributed by atoms with Crippen LogP contribution in [0.5, 0.6) is 0 Å². The van der Waals surface area contributed by atoms with Gasteiger partial charge in [-0.2, -0.15) is 0 Å². The zero-order chi connectivity index (χ0) is 14.7. The lowest BCUT2D eigenvalue weighted by molar-refractivity contribution is -0.141. The van der Waals surface area contributed by atoms with Gasteiger partial charge in [0, 0.05) is 13.1 Å². The van der Waals surface area contributed by atoms with Crippen molar-refractivity contribution in [2.45, 2.75) is 52.8 Å². The molecule has 1 unspecified atom stereocenters. The molecule has 0 fully saturated rings. The van der Waals surface area contributed by atoms with Crippen molar-refractivity contribution in [1.82, 2.24) is 10.2 Å². The largest absolute Gasteiger partial charge is 0.480 e. The van der Waals surface area contributed by atoms with Crippen molar-refractivity contribution in [1.29, 1.82) is 0 Å². The van der Waals surface area contributed by atoms with Gasteiger partial charge in [-0.1, -0.05) is 20.8 Å². The topological polar surface area (TPSA) is 89.9 Å². The third kappa shape index (κ3) is 4.52. The van der Waals surface area contributed by atoms with E-state index >= 15 is 0 Å². The molecule has 0 saturated heterocycles. The Hall–Kier alpha value is -1.30. The molecule has 0 spiro atoms. The first kappa shape index (κ1) is 16.7. The predicted molar refractivity (Wildman–Crippen MR) is 68.3 cm³/mol. The van der Waals surface area contributed by atoms with Crippen molar-refractivity contribution in [2.24, 2.45) is 5.41 Å². The number of carbonyl (C=O) groups excluding carboxylic acids is 1. The van der Waals surface area contributed by atoms with Crippen molar-refractivity contribution in [3.05, 3.63) is 0 Å². The number of carboxylic acids is 1. The number of hydrogen-bond donors (Lipinski definition) is 3. The van der Waals surface area contributed by atoms with Gasteiger partial charge in [-0.3, -0.25) is 0 Å². The molecular formula is C12H24N2O4. The van der Waals surface area contributed by atoms with Crippen LogP contribution in [0.3, 0.4) is 0 Å². The summed E-state index contributed by atoms with van der Waals surface area (Å²) in [6, 6.07) is -1.88. The summed E-state index contributed by atoms with van der Waals surface area (Å²) in [5.41, 5.74) is -0.115. The third-order valence-electron chi connectivity index (χ3n) is 3.18. The molecule has 0 heterocycles. The fraction of sp³-hybridized carbons (Fsp3) is 0.833. The molecule has 3 atom stereocenters. The molecule has 0 saturated carbocycles. The molecule has 0 radical (unpaired) electrons. The lowest BCUT2D eigenvalue weighted by atomic mass is 9.87. The molecule has 106 valence electrons. The first-order valence-electron chi connectivity index (χ1n) is 5.92. The van der Waals surface area contributed by atoms with Gasteiger partial charge < -0.3 is 20.4 Å². The highest BCUT2D eigenvalue weighted by Crippen LogP contribution is 2.22. The molecule has 2 amide bonds. The van der Waals surface area contributed by atoms with Gasteiger partial charge in [0.05, 0.1) is 6.10 Å². The van der Waals surface area contributed by atoms with E-state index in [-0.39, 0.29) is 11.5 Å². The summed E-state index contributed by atoms with van der Waals surface area (Å²) in [5, 5.41) is 20.5. The first-order valence-corrected chi connectivity index (χ1v) is 5.92. The first-order chi connectivity index (χ1) is 7.98. The molecule has 0 bridgehead atoms. The van der Waals surface area contributed by atoms with E-state index in [1.54, 1.807) is 7.05 Å². The molecule has 18 heavy (non-hydrogen) atoms. The van der Waals surface area contributed by atoms with Crippen molar-refractivity contribution in [3.8, 4) is 0 Å². The van der Waals surface area contributed by atoms with E-state index in [1.807, 2.05) is 27.7 Å². The van der Waals surface area contributed by atoms with Crippen LogP contribution in [0.15, 0.2) is 0 Å². The Morgan fingerprint density at radius 1 is 1.22 bits per heavy atom. The number of nitrogens with one attached hydrogen (secondary N) is 1. The number of carboxylic acid groups (broad SMARTS) is 1. The van der Waals surface area contributed by atoms with Gasteiger partial charge in [-0.05, 0) is 19.3 Å². The summed E-state index contributed by atoms with van der Waals surface area (Å²) in [4.78, 5) is 24.2. The molecule has 0 aliphatic heterocycles. The van der Waals surface area contributed by atoms with E-state index in [2.05, 4.69) is 5.32 Å². The van der Waals surface area contributed by atoms with Crippen LogP contribution in [0.25, 0.3) is 0 Å². The maximum absolute atomic E-state index is 11.9. The maximum Gasteiger partial charge on any atom is 0.328 e. The molecule has 0 rings (SSSR count). The van der Waals surface area contributed by atoms with Gasteiger partial charge in [0.1, 0.15) is 0 Å². The van der Waals surface area contributed by atoms with E-state index in [9.17, 15) is 14.7 Å². The van der Waals surface area contributed by atoms with Crippen LogP contribution in [0.1, 0.15) is 34.6 Å². The van der Waals surface area contributed by atoms with E-state index in [0.29, 0.717) is 0 Å². The predicted octanol–water partition coefficient (Wildman–Crippen LogP) is 0.896. The van der Waals surface area contributed by atoms with Gasteiger partial charge >= 0.3 is 12.0 Å². The van der Waals surface area contributed by atoms with Crippen LogP contribution < -0.4 is 5.32 Å². The maximum atomic E-state index is 11.9. The fourth-order valence-corrected chi connectivity index (χ4v) is 1.38. The van der Waals surface area contributed by atoms with E-state index in [0.717, 1.165) is 0 Å². The summed E-state index contributed by atoms with van der Waals surface area (Å²) in [5.74, 6) is -1.25. The Morgan fingerprint density at radius 3 is 1.94 bits per heavy atom. The number of nitrogens with zero attached hydrogens (tertiary/aromatic N) is 1. The van der Waals surface area contributed by atoms with E-state index in [1.165, 1.54) is 11.8 Å². The summed E-state index contributed by atoms with van der Waals surface area (Å²) in [6.07, 6.45) is -1.15. The summed E-state index contributed by atoms with van der Waals surface area (Å²) < 4.78 is 0. The summed E-state index contributed by atoms with van der Waals surface area (Å²) in [6.45, 7) is 9.18. The number of amides is 2. The molecule has 0 aromatic carbocycles. The number of aliphatic hydroxyl groups is 1. The second-order valence-electron chi connectivity index (χ2n) is 5.66. The average Bonchev–Trinajstić information content (AvgIpc) is 2.20. The fourth-order valence-electron chi connectivity index (χ4n) is 1.38. The zero-order valence-electron chi connectivity index (χ0n) is 11.9. The number of carbonyl (C=O) groups is 2. The van der Waals surface area contributed by atoms with Crippen molar-refractivity contribution >= 4 is 12.0 Å². The second kappa shape index (κ2) is 6.04. The van der Waals surface area contributed by atoms with Gasteiger partial charge in [0.2, 0.25) is 0 Å². The Kier molecular flexibility index (Phi) is 5.60. The average molecular weight is 260 g/mol. The van der Waals surface area contributed by atoms with Crippen molar-refractivity contribution in [3.63, 3.8) is 0 Å². The molecule has 0 aliphatic rings. The standard InChI is InChI=1S/C12H24N2O4/c1-7(15)9(10(16)17)13-11(18)14(6)8(2)12(3,4)5/h7-9,15H,1-6H3,(H,13,18)(H,16,17)/t7-,8?,9+/m1/s1. The molecule has 0 aromatic rings. The van der Waals surface area contributed by atoms with Crippen LogP contribution in [0.2, 0.25) is 0 Å². The summed E-state index contributed by atoms with van der Waals surface area (Å²) >= 11 is 0. The van der Waals surface area contributed by atoms with Crippen LogP contribution in [-0.4, -0.2) is 52.3 Å². The second-order valence-corrected chi connectivity index (χ2v) is 5.66. The minimum atomic E-state index is -1.30. The molecule has 3 N–H and O–H groups in total. The quantitative estimate of drug-likeness (QED) is 0.700. The minimum Gasteiger partial charge on any atom is -0.480 e. The van der Waals surface area contributed by atoms with Crippen LogP contribution in [-0.2, 0) is 4.79 Å². The lowest BCUT2D eigenvalue weighted by Gasteiger charge is -2.36. The summed E-state index contributed by atoms with van der Waals surface area (Å²) in [7, 11) is 1.60. The van der Waals surface area contributed by atoms with Gasteiger partial charge in [-0.25, -0.2) is 9.59 Å². The highest BCUT2D eigenvalue weighted by Gasteiger charge is 2.31. The van der Waals surface area contributed by atoms with Crippen LogP contribution >= 0.6 is 0 Å². The van der Waals surface area contributed by atoms with Gasteiger partial charge in [0.15, 0.2) is 6.04 Å². The normalized spacial score (nSPS) is 16.6. The molecule has 6 nitrogen and oxygen atoms in total. The Morgan fingerprint density at radius 2 is 1.67 bits per heavy atom. The Bertz CT molecular complexity index is 310. The monoisotopic (exact) mass is 260 g/mol. The molecular weight excluding hydrogens is 236 g/mol. The van der Waals surface area contributed by atoms with Crippen molar-refractivity contribution < 1.29 is 19.8 Å². The lowest BCUT2D eigenvalue weighted by Crippen LogP contribution is -2.54. The smallest absolute Gasteiger partial charge is 0.328 e. The molecule has 0 aliphatic carbocycles. The Balaban J connectivity index is 4.71. The number of aliphatic carboxylic acids is 1. The van der Waals surface area contributed by atoms with Crippen molar-refractivity contribution in [2.75, 3.05) is 7.05 Å². The van der Waals surface area contributed by atoms with E-state index < -0.39 is 24.1 Å². The number of hydrogen-bond acceptors (Lipinski definition) is 3. The SMILES string of the molecule is CC(N(C)C(=O)N[C@H](C(=O)O)[C@@H](C)O)C(C)(C)C. The van der Waals surface area contributed by atoms with Crippen LogP contribution in [0.4, 0.5) is 4.79 Å². The van der Waals surface area contributed by atoms with Crippen LogP contribution in [0, 0.1) is 5.41 Å². The third-order valence-corrected chi connectivity index (χ3v) is 3.18. The van der Waals surface area contributed by atoms with Gasteiger partial charge in [0.25, 0.3) is 0 Å². The minimum absolute atomic E-state index is 0.0686. The highest BCUT2D eigenvalue weighted by molar-refractivity contribution is 5.83. The van der Waals surface area contributed by atoms with Gasteiger partial charge in [-0.15, -0.1) is 0 Å². The molecule has 6 heteroatoms. The highest BCUT2D eigenvalue weighted by atomic mass is 16.4. The zero-order valence-corrected chi connectivity index (χ0v) is 11.9. The number of urea groups is 1. The van der Waals surface area contributed by atoms with E-state index in [4.69, 9.17) is 5.11 Å². The number of aliphatic hydroxyl groups excluding tert-OH is 1. The number of rotatable bonds is 4.